The van der Waals surface area contributed by atoms with Crippen molar-refractivity contribution in [1.82, 2.24) is 0 Å². The fourth-order valence-corrected chi connectivity index (χ4v) is 2.29. The molecule has 4 N–H and O–H groups in total. The summed E-state index contributed by atoms with van der Waals surface area (Å²) in [6.45, 7) is -1.55. The van der Waals surface area contributed by atoms with Crippen molar-refractivity contribution in [3.63, 3.8) is 0 Å². The highest BCUT2D eigenvalue weighted by Crippen LogP contribution is 2.26. The molecule has 0 spiro atoms. The summed E-state index contributed by atoms with van der Waals surface area (Å²) in [5, 5.41) is 8.49. The summed E-state index contributed by atoms with van der Waals surface area (Å²) < 4.78 is 0. The van der Waals surface area contributed by atoms with Crippen molar-refractivity contribution in [2.24, 2.45) is 0 Å². The molecular formula is C16H35O5PS. The Morgan fingerprint density at radius 3 is 1.26 bits per heavy atom. The molecule has 0 saturated heterocycles. The predicted molar refractivity (Wildman–Crippen MR) is 98.9 cm³/mol. The van der Waals surface area contributed by atoms with Crippen LogP contribution in [0.5, 0.6) is 0 Å². The van der Waals surface area contributed by atoms with Crippen LogP contribution >= 0.6 is 6.72 Å². The van der Waals surface area contributed by atoms with Gasteiger partial charge in [-0.3, -0.25) is 4.79 Å². The SMILES string of the molecule is CCCCCCCCCCCCCCCC(=O)O.OP(O)(O)=S. The van der Waals surface area contributed by atoms with Gasteiger partial charge in [-0.2, -0.15) is 0 Å². The van der Waals surface area contributed by atoms with Gasteiger partial charge in [0.1, 0.15) is 0 Å². The Bertz CT molecular complexity index is 299. The Balaban J connectivity index is 0. The molecule has 0 fully saturated rings. The molecule has 0 aromatic rings. The van der Waals surface area contributed by atoms with E-state index in [4.69, 9.17) is 19.8 Å². The Morgan fingerprint density at radius 1 is 0.739 bits per heavy atom. The summed E-state index contributed by atoms with van der Waals surface area (Å²) in [5.41, 5.74) is 0. The van der Waals surface area contributed by atoms with Crippen molar-refractivity contribution in [3.8, 4) is 0 Å². The first-order valence-electron chi connectivity index (χ1n) is 8.77. The lowest BCUT2D eigenvalue weighted by Crippen LogP contribution is -1.93. The molecule has 0 aromatic heterocycles. The van der Waals surface area contributed by atoms with Crippen molar-refractivity contribution < 1.29 is 24.6 Å². The monoisotopic (exact) mass is 370 g/mol. The second-order valence-electron chi connectivity index (χ2n) is 5.90. The number of rotatable bonds is 14. The summed E-state index contributed by atoms with van der Waals surface area (Å²) in [7, 11) is 0. The van der Waals surface area contributed by atoms with Gasteiger partial charge in [0.2, 0.25) is 0 Å². The molecule has 0 heterocycles. The molecule has 0 saturated carbocycles. The van der Waals surface area contributed by atoms with E-state index in [-0.39, 0.29) is 0 Å². The highest BCUT2D eigenvalue weighted by molar-refractivity contribution is 8.06. The van der Waals surface area contributed by atoms with Gasteiger partial charge in [-0.1, -0.05) is 84.0 Å². The fraction of sp³-hybridized carbons (Fsp3) is 0.938. The van der Waals surface area contributed by atoms with Crippen LogP contribution in [0.3, 0.4) is 0 Å². The van der Waals surface area contributed by atoms with Crippen LogP contribution in [0.25, 0.3) is 0 Å². The van der Waals surface area contributed by atoms with Gasteiger partial charge in [0.15, 0.2) is 0 Å². The summed E-state index contributed by atoms with van der Waals surface area (Å²) in [4.78, 5) is 33.0. The summed E-state index contributed by atoms with van der Waals surface area (Å²) in [6.07, 6.45) is 17.3. The van der Waals surface area contributed by atoms with Crippen molar-refractivity contribution >= 4 is 24.5 Å². The zero-order valence-electron chi connectivity index (χ0n) is 14.5. The first kappa shape index (κ1) is 25.2. The molecule has 23 heavy (non-hydrogen) atoms. The van der Waals surface area contributed by atoms with E-state index < -0.39 is 12.7 Å². The smallest absolute Gasteiger partial charge is 0.319 e. The first-order chi connectivity index (χ1) is 10.8. The third-order valence-electron chi connectivity index (χ3n) is 3.49. The minimum Gasteiger partial charge on any atom is -0.481 e. The number of unbranched alkanes of at least 4 members (excludes halogenated alkanes) is 12. The zero-order chi connectivity index (χ0) is 18.0. The Hall–Kier alpha value is -0.0000000000000000833. The zero-order valence-corrected chi connectivity index (χ0v) is 16.2. The maximum Gasteiger partial charge on any atom is 0.319 e. The van der Waals surface area contributed by atoms with Gasteiger partial charge in [0, 0.05) is 6.42 Å². The normalized spacial score (nSPS) is 11.0. The molecule has 5 nitrogen and oxygen atoms in total. The number of carbonyl (C=O) groups is 1. The molecule has 0 atom stereocenters. The standard InChI is InChI=1S/C16H32O2.H3O3PS/c1-2-3-4-5-6-7-8-9-10-11-12-13-14-15-16(17)18;1-4(2,3)5/h2-15H2,1H3,(H,17,18);(H3,1,2,3,5). The average Bonchev–Trinajstić information content (AvgIpc) is 2.42. The number of carboxylic acids is 1. The molecule has 0 rings (SSSR count). The van der Waals surface area contributed by atoms with Gasteiger partial charge < -0.3 is 19.8 Å². The lowest BCUT2D eigenvalue weighted by atomic mass is 10.0. The second-order valence-corrected chi connectivity index (χ2v) is 8.40. The van der Waals surface area contributed by atoms with E-state index in [1.807, 2.05) is 0 Å². The molecule has 0 amide bonds. The average molecular weight is 370 g/mol. The Morgan fingerprint density at radius 2 is 1.00 bits per heavy atom. The quantitative estimate of drug-likeness (QED) is 0.260. The van der Waals surface area contributed by atoms with Gasteiger partial charge in [0.25, 0.3) is 0 Å². The third kappa shape index (κ3) is 39.1. The van der Waals surface area contributed by atoms with Crippen molar-refractivity contribution in [2.45, 2.75) is 96.8 Å². The lowest BCUT2D eigenvalue weighted by Gasteiger charge is -2.02. The van der Waals surface area contributed by atoms with Crippen LogP contribution in [-0.4, -0.2) is 25.8 Å². The summed E-state index contributed by atoms with van der Waals surface area (Å²) in [5.74, 6) is -0.655. The van der Waals surface area contributed by atoms with Gasteiger partial charge in [0.05, 0.1) is 0 Å². The molecular weight excluding hydrogens is 335 g/mol. The van der Waals surface area contributed by atoms with Gasteiger partial charge in [-0.05, 0) is 18.2 Å². The number of aliphatic carboxylic acids is 1. The second kappa shape index (κ2) is 18.3. The van der Waals surface area contributed by atoms with E-state index >= 15 is 0 Å². The molecule has 140 valence electrons. The Labute approximate surface area is 146 Å². The molecule has 0 unspecified atom stereocenters. The van der Waals surface area contributed by atoms with Crippen molar-refractivity contribution in [1.29, 1.82) is 0 Å². The number of carboxylic acid groups (broad SMARTS) is 1. The van der Waals surface area contributed by atoms with E-state index in [0.717, 1.165) is 12.8 Å². The maximum absolute atomic E-state index is 10.3. The maximum atomic E-state index is 10.3. The number of hydrogen-bond donors (Lipinski definition) is 4. The van der Waals surface area contributed by atoms with Crippen LogP contribution in [0.15, 0.2) is 0 Å². The van der Waals surface area contributed by atoms with E-state index in [9.17, 15) is 4.79 Å². The van der Waals surface area contributed by atoms with Crippen LogP contribution in [0.2, 0.25) is 0 Å². The van der Waals surface area contributed by atoms with Gasteiger partial charge in [-0.25, -0.2) is 0 Å². The van der Waals surface area contributed by atoms with Crippen LogP contribution in [0, 0.1) is 0 Å². The van der Waals surface area contributed by atoms with Gasteiger partial charge >= 0.3 is 12.7 Å². The summed E-state index contributed by atoms with van der Waals surface area (Å²) in [6, 6.07) is 0. The minimum atomic E-state index is -3.81. The first-order valence-corrected chi connectivity index (χ1v) is 11.4. The lowest BCUT2D eigenvalue weighted by molar-refractivity contribution is -0.137. The topological polar surface area (TPSA) is 98.0 Å². The molecule has 0 radical (unpaired) electrons. The van der Waals surface area contributed by atoms with E-state index in [0.29, 0.717) is 6.42 Å². The highest BCUT2D eigenvalue weighted by atomic mass is 32.5. The van der Waals surface area contributed by atoms with Crippen LogP contribution in [0.4, 0.5) is 0 Å². The van der Waals surface area contributed by atoms with E-state index in [1.165, 1.54) is 70.6 Å². The fourth-order valence-electron chi connectivity index (χ4n) is 2.29. The van der Waals surface area contributed by atoms with Crippen LogP contribution < -0.4 is 0 Å². The predicted octanol–water partition coefficient (Wildman–Crippen LogP) is 4.74. The molecule has 0 aromatic carbocycles. The van der Waals surface area contributed by atoms with Crippen molar-refractivity contribution in [3.05, 3.63) is 0 Å². The molecule has 0 aliphatic carbocycles. The summed E-state index contributed by atoms with van der Waals surface area (Å²) >= 11 is 3.60. The third-order valence-corrected chi connectivity index (χ3v) is 3.49. The largest absolute Gasteiger partial charge is 0.481 e. The molecule has 0 aliphatic rings. The molecule has 0 aliphatic heterocycles. The van der Waals surface area contributed by atoms with E-state index in [2.05, 4.69) is 18.7 Å². The van der Waals surface area contributed by atoms with E-state index in [1.54, 1.807) is 0 Å². The van der Waals surface area contributed by atoms with Crippen molar-refractivity contribution in [2.75, 3.05) is 0 Å². The Kier molecular flexibility index (Phi) is 20.1. The minimum absolute atomic E-state index is 0.345. The molecule has 0 bridgehead atoms. The van der Waals surface area contributed by atoms with Crippen LogP contribution in [-0.2, 0) is 16.6 Å². The van der Waals surface area contributed by atoms with Crippen LogP contribution in [0.1, 0.15) is 96.8 Å². The molecule has 7 heteroatoms. The highest BCUT2D eigenvalue weighted by Gasteiger charge is 1.96. The van der Waals surface area contributed by atoms with Gasteiger partial charge in [-0.15, -0.1) is 0 Å². The number of hydrogen-bond acceptors (Lipinski definition) is 2.